The first-order valence-electron chi connectivity index (χ1n) is 6.41. The number of nitrogens with zero attached hydrogens (tertiary/aromatic N) is 2. The molecule has 1 heterocycles. The molecule has 0 amide bonds. The Kier molecular flexibility index (Phi) is 4.62. The van der Waals surface area contributed by atoms with Gasteiger partial charge < -0.3 is 21.6 Å². The molecule has 0 aliphatic rings. The molecule has 2 aromatic rings. The molecule has 1 aromatic heterocycles. The first-order valence-corrected chi connectivity index (χ1v) is 6.79. The van der Waals surface area contributed by atoms with Gasteiger partial charge in [0.15, 0.2) is 5.82 Å². The largest absolute Gasteiger partial charge is 0.496 e. The molecule has 114 valence electrons. The first kappa shape index (κ1) is 15.8. The molecule has 0 aliphatic carbocycles. The summed E-state index contributed by atoms with van der Waals surface area (Å²) in [6, 6.07) is 5.27. The molecule has 0 fully saturated rings. The highest BCUT2D eigenvalue weighted by atomic mass is 35.5. The summed E-state index contributed by atoms with van der Waals surface area (Å²) in [5.74, 6) is 1.19. The fourth-order valence-corrected chi connectivity index (χ4v) is 2.24. The molecule has 2 rings (SSSR count). The van der Waals surface area contributed by atoms with E-state index in [0.29, 0.717) is 28.2 Å². The van der Waals surface area contributed by atoms with Crippen LogP contribution in [0, 0.1) is 5.41 Å². The van der Waals surface area contributed by atoms with Crippen LogP contribution < -0.4 is 16.2 Å². The van der Waals surface area contributed by atoms with E-state index in [1.807, 2.05) is 0 Å². The van der Waals surface area contributed by atoms with Crippen LogP contribution in [0.15, 0.2) is 35.0 Å². The van der Waals surface area contributed by atoms with Crippen LogP contribution in [0.3, 0.4) is 0 Å². The summed E-state index contributed by atoms with van der Waals surface area (Å²) in [5.41, 5.74) is 12.5. The van der Waals surface area contributed by atoms with E-state index in [0.717, 1.165) is 5.39 Å². The van der Waals surface area contributed by atoms with E-state index in [1.165, 1.54) is 6.21 Å². The number of fused-ring (bicyclic) bond motifs is 1. The fraction of sp³-hybridized carbons (Fsp3) is 0.133. The lowest BCUT2D eigenvalue weighted by atomic mass is 10.1. The molecule has 6 nitrogen and oxygen atoms in total. The lowest BCUT2D eigenvalue weighted by molar-refractivity contribution is 0.415. The van der Waals surface area contributed by atoms with Gasteiger partial charge in [0.1, 0.15) is 16.7 Å². The maximum atomic E-state index is 7.41. The third-order valence-corrected chi connectivity index (χ3v) is 3.18. The summed E-state index contributed by atoms with van der Waals surface area (Å²) < 4.78 is 5.26. The van der Waals surface area contributed by atoms with E-state index in [4.69, 9.17) is 33.2 Å². The molecule has 7 heteroatoms. The van der Waals surface area contributed by atoms with Crippen LogP contribution in [0.5, 0.6) is 5.75 Å². The van der Waals surface area contributed by atoms with Gasteiger partial charge in [0, 0.05) is 22.9 Å². The number of aromatic nitrogens is 1. The normalized spacial score (nSPS) is 12.5. The van der Waals surface area contributed by atoms with Gasteiger partial charge in [-0.15, -0.1) is 0 Å². The van der Waals surface area contributed by atoms with Gasteiger partial charge in [-0.2, -0.15) is 0 Å². The molecule has 0 unspecified atom stereocenters. The van der Waals surface area contributed by atoms with Crippen molar-refractivity contribution in [3.8, 4) is 5.75 Å². The zero-order chi connectivity index (χ0) is 16.3. The molecular formula is C15H16ClN5O. The molecule has 0 aliphatic heterocycles. The van der Waals surface area contributed by atoms with Crippen LogP contribution in [0.25, 0.3) is 10.8 Å². The number of hydrogen-bond acceptors (Lipinski definition) is 5. The first-order chi connectivity index (χ1) is 10.4. The van der Waals surface area contributed by atoms with Gasteiger partial charge >= 0.3 is 0 Å². The van der Waals surface area contributed by atoms with Crippen LogP contribution >= 0.6 is 11.6 Å². The number of amidine groups is 1. The Balaban J connectivity index is 2.62. The molecule has 0 radical (unpaired) electrons. The Morgan fingerprint density at radius 2 is 2.09 bits per heavy atom. The van der Waals surface area contributed by atoms with Gasteiger partial charge in [-0.3, -0.25) is 0 Å². The van der Waals surface area contributed by atoms with Crippen molar-refractivity contribution in [2.75, 3.05) is 7.11 Å². The average molecular weight is 318 g/mol. The van der Waals surface area contributed by atoms with Gasteiger partial charge in [-0.1, -0.05) is 11.6 Å². The van der Waals surface area contributed by atoms with Crippen molar-refractivity contribution >= 4 is 40.2 Å². The molecular weight excluding hydrogens is 302 g/mol. The Bertz CT molecular complexity index is 794. The number of benzene rings is 1. The van der Waals surface area contributed by atoms with E-state index in [1.54, 1.807) is 38.3 Å². The molecule has 0 saturated heterocycles. The number of allylic oxidation sites excluding steroid dienone is 1. The summed E-state index contributed by atoms with van der Waals surface area (Å²) in [6.45, 7) is 1.72. The minimum atomic E-state index is 0.242. The average Bonchev–Trinajstić information content (AvgIpc) is 2.45. The number of aliphatic imine (C=N–C) groups is 1. The lowest BCUT2D eigenvalue weighted by Crippen LogP contribution is -2.10. The number of nitrogens with two attached hydrogens (primary N) is 2. The second-order valence-corrected chi connectivity index (χ2v) is 5.01. The third kappa shape index (κ3) is 3.35. The van der Waals surface area contributed by atoms with Gasteiger partial charge in [-0.25, -0.2) is 9.98 Å². The number of hydrogen-bond donors (Lipinski definition) is 3. The smallest absolute Gasteiger partial charge is 0.156 e. The number of methoxy groups -OCH3 is 1. The summed E-state index contributed by atoms with van der Waals surface area (Å²) in [7, 11) is 1.54. The van der Waals surface area contributed by atoms with Crippen molar-refractivity contribution in [2.24, 2.45) is 16.5 Å². The number of pyridine rings is 1. The van der Waals surface area contributed by atoms with Crippen LogP contribution in [0.1, 0.15) is 12.5 Å². The van der Waals surface area contributed by atoms with Gasteiger partial charge in [0.2, 0.25) is 0 Å². The molecule has 22 heavy (non-hydrogen) atoms. The SMILES string of the molecule is COc1cc2cc(N=C(N)C=C(C)N)nc(Cl)c2cc1C=N. The number of rotatable bonds is 4. The Morgan fingerprint density at radius 1 is 1.36 bits per heavy atom. The maximum Gasteiger partial charge on any atom is 0.156 e. The van der Waals surface area contributed by atoms with E-state index < -0.39 is 0 Å². The van der Waals surface area contributed by atoms with Crippen molar-refractivity contribution in [2.45, 2.75) is 6.92 Å². The highest BCUT2D eigenvalue weighted by Crippen LogP contribution is 2.31. The van der Waals surface area contributed by atoms with E-state index in [-0.39, 0.29) is 11.0 Å². The molecule has 5 N–H and O–H groups in total. The van der Waals surface area contributed by atoms with Crippen LogP contribution in [-0.4, -0.2) is 24.1 Å². The van der Waals surface area contributed by atoms with Crippen molar-refractivity contribution < 1.29 is 4.74 Å². The number of ether oxygens (including phenoxy) is 1. The maximum absolute atomic E-state index is 7.41. The zero-order valence-corrected chi connectivity index (χ0v) is 13.0. The van der Waals surface area contributed by atoms with Gasteiger partial charge in [0.05, 0.1) is 7.11 Å². The van der Waals surface area contributed by atoms with E-state index in [9.17, 15) is 0 Å². The Hall–Kier alpha value is -2.60. The molecule has 1 aromatic carbocycles. The molecule has 0 saturated carbocycles. The number of halogens is 1. The van der Waals surface area contributed by atoms with Crippen molar-refractivity contribution in [3.05, 3.63) is 40.7 Å². The van der Waals surface area contributed by atoms with Crippen molar-refractivity contribution in [1.82, 2.24) is 4.98 Å². The van der Waals surface area contributed by atoms with Crippen LogP contribution in [-0.2, 0) is 0 Å². The van der Waals surface area contributed by atoms with Gasteiger partial charge in [0.25, 0.3) is 0 Å². The molecule has 0 atom stereocenters. The predicted octanol–water partition coefficient (Wildman–Crippen LogP) is 2.75. The minimum absolute atomic E-state index is 0.242. The summed E-state index contributed by atoms with van der Waals surface area (Å²) in [5, 5.41) is 9.20. The monoisotopic (exact) mass is 317 g/mol. The summed E-state index contributed by atoms with van der Waals surface area (Å²) in [6.07, 6.45) is 2.74. The standard InChI is InChI=1S/C15H16ClN5O/c1-8(18)3-13(19)20-14-6-9-5-12(22-2)10(7-17)4-11(9)15(16)21-14/h3-7,17H,18H2,1-2H3,(H2,19,20,21). The topological polar surface area (TPSA) is 110 Å². The van der Waals surface area contributed by atoms with E-state index in [2.05, 4.69) is 9.98 Å². The summed E-state index contributed by atoms with van der Waals surface area (Å²) >= 11 is 6.20. The number of nitrogens with one attached hydrogen (secondary N) is 1. The fourth-order valence-electron chi connectivity index (χ4n) is 1.99. The lowest BCUT2D eigenvalue weighted by Gasteiger charge is -2.08. The summed E-state index contributed by atoms with van der Waals surface area (Å²) in [4.78, 5) is 8.36. The quantitative estimate of drug-likeness (QED) is 0.457. The van der Waals surface area contributed by atoms with Crippen molar-refractivity contribution in [1.29, 1.82) is 5.41 Å². The molecule has 0 bridgehead atoms. The minimum Gasteiger partial charge on any atom is -0.496 e. The van der Waals surface area contributed by atoms with Gasteiger partial charge in [-0.05, 0) is 36.6 Å². The Labute approximate surface area is 133 Å². The third-order valence-electron chi connectivity index (χ3n) is 2.90. The van der Waals surface area contributed by atoms with E-state index >= 15 is 0 Å². The highest BCUT2D eigenvalue weighted by molar-refractivity contribution is 6.34. The molecule has 0 spiro atoms. The second kappa shape index (κ2) is 6.44. The predicted molar refractivity (Wildman–Crippen MR) is 90.4 cm³/mol. The zero-order valence-electron chi connectivity index (χ0n) is 12.2. The second-order valence-electron chi connectivity index (χ2n) is 4.66. The Morgan fingerprint density at radius 3 is 2.68 bits per heavy atom. The highest BCUT2D eigenvalue weighted by Gasteiger charge is 2.09. The van der Waals surface area contributed by atoms with Crippen LogP contribution in [0.4, 0.5) is 5.82 Å². The van der Waals surface area contributed by atoms with Crippen LogP contribution in [0.2, 0.25) is 5.15 Å². The van der Waals surface area contributed by atoms with Crippen molar-refractivity contribution in [3.63, 3.8) is 0 Å².